The zero-order chi connectivity index (χ0) is 12.3. The minimum atomic E-state index is 0.435. The first-order chi connectivity index (χ1) is 8.20. The van der Waals surface area contributed by atoms with Crippen LogP contribution in [0.2, 0.25) is 5.02 Å². The van der Waals surface area contributed by atoms with Crippen molar-refractivity contribution in [1.82, 2.24) is 4.98 Å². The molecule has 0 bridgehead atoms. The highest BCUT2D eigenvalue weighted by molar-refractivity contribution is 6.34. The first-order valence-corrected chi connectivity index (χ1v) is 6.39. The van der Waals surface area contributed by atoms with Gasteiger partial charge in [0.2, 0.25) is 0 Å². The van der Waals surface area contributed by atoms with Gasteiger partial charge in [0.25, 0.3) is 0 Å². The maximum Gasteiger partial charge on any atom is 0.146 e. The lowest BCUT2D eigenvalue weighted by molar-refractivity contribution is 0.361. The summed E-state index contributed by atoms with van der Waals surface area (Å²) in [6.45, 7) is 2.29. The van der Waals surface area contributed by atoms with Crippen LogP contribution in [0, 0.1) is 17.2 Å². The molecule has 1 heterocycles. The van der Waals surface area contributed by atoms with E-state index >= 15 is 0 Å². The average molecular weight is 250 g/mol. The molecule has 3 nitrogen and oxygen atoms in total. The van der Waals surface area contributed by atoms with Crippen molar-refractivity contribution in [3.8, 4) is 6.07 Å². The maximum absolute atomic E-state index is 8.89. The van der Waals surface area contributed by atoms with Crippen molar-refractivity contribution in [3.63, 3.8) is 0 Å². The number of nitrogens with zero attached hydrogens (tertiary/aromatic N) is 2. The third-order valence-electron chi connectivity index (χ3n) is 3.37. The van der Waals surface area contributed by atoms with Gasteiger partial charge in [-0.2, -0.15) is 5.26 Å². The Morgan fingerprint density at radius 3 is 2.76 bits per heavy atom. The van der Waals surface area contributed by atoms with E-state index in [-0.39, 0.29) is 0 Å². The molecule has 1 aliphatic rings. The van der Waals surface area contributed by atoms with Crippen LogP contribution in [0.25, 0.3) is 0 Å². The van der Waals surface area contributed by atoms with Crippen molar-refractivity contribution < 1.29 is 0 Å². The zero-order valence-electron chi connectivity index (χ0n) is 9.91. The van der Waals surface area contributed by atoms with E-state index in [1.807, 2.05) is 0 Å². The molecule has 1 saturated carbocycles. The second-order valence-electron chi connectivity index (χ2n) is 4.73. The number of anilines is 1. The Bertz CT molecular complexity index is 431. The predicted octanol–water partition coefficient (Wildman–Crippen LogP) is 3.60. The standard InChI is InChI=1S/C13H16ClN3/c1-9-2-4-11(5-3-9)17-13-12(14)10(8-15)6-7-16-13/h6-7,9,11H,2-5H2,1H3,(H,16,17). The molecular weight excluding hydrogens is 234 g/mol. The maximum atomic E-state index is 8.89. The number of nitrogens with one attached hydrogen (secondary N) is 1. The number of rotatable bonds is 2. The molecule has 0 aliphatic heterocycles. The highest BCUT2D eigenvalue weighted by atomic mass is 35.5. The number of pyridine rings is 1. The lowest BCUT2D eigenvalue weighted by Crippen LogP contribution is -2.25. The lowest BCUT2D eigenvalue weighted by atomic mass is 9.87. The summed E-state index contributed by atoms with van der Waals surface area (Å²) in [7, 11) is 0. The third kappa shape index (κ3) is 2.89. The molecule has 1 N–H and O–H groups in total. The molecule has 0 unspecified atom stereocenters. The minimum Gasteiger partial charge on any atom is -0.366 e. The molecule has 0 aromatic carbocycles. The second kappa shape index (κ2) is 5.37. The summed E-state index contributed by atoms with van der Waals surface area (Å²) < 4.78 is 0. The van der Waals surface area contributed by atoms with E-state index in [1.54, 1.807) is 12.3 Å². The van der Waals surface area contributed by atoms with Crippen LogP contribution in [-0.2, 0) is 0 Å². The summed E-state index contributed by atoms with van der Waals surface area (Å²) in [5, 5.41) is 12.7. The first kappa shape index (κ1) is 12.2. The normalized spacial score (nSPS) is 24.1. The fraction of sp³-hybridized carbons (Fsp3) is 0.538. The molecule has 2 rings (SSSR count). The van der Waals surface area contributed by atoms with Gasteiger partial charge >= 0.3 is 0 Å². The Morgan fingerprint density at radius 1 is 1.41 bits per heavy atom. The molecule has 0 saturated heterocycles. The number of aromatic nitrogens is 1. The van der Waals surface area contributed by atoms with Gasteiger partial charge in [-0.05, 0) is 37.7 Å². The van der Waals surface area contributed by atoms with Gasteiger partial charge in [-0.1, -0.05) is 18.5 Å². The summed E-state index contributed by atoms with van der Waals surface area (Å²) in [4.78, 5) is 4.21. The van der Waals surface area contributed by atoms with Crippen LogP contribution in [0.5, 0.6) is 0 Å². The van der Waals surface area contributed by atoms with Crippen LogP contribution in [0.15, 0.2) is 12.3 Å². The molecule has 1 aromatic rings. The third-order valence-corrected chi connectivity index (χ3v) is 3.75. The molecule has 0 atom stereocenters. The average Bonchev–Trinajstić information content (AvgIpc) is 2.35. The fourth-order valence-electron chi connectivity index (χ4n) is 2.23. The largest absolute Gasteiger partial charge is 0.366 e. The van der Waals surface area contributed by atoms with E-state index in [0.29, 0.717) is 22.4 Å². The van der Waals surface area contributed by atoms with Gasteiger partial charge in [-0.25, -0.2) is 4.98 Å². The summed E-state index contributed by atoms with van der Waals surface area (Å²) >= 11 is 6.11. The summed E-state index contributed by atoms with van der Waals surface area (Å²) in [5.74, 6) is 1.46. The van der Waals surface area contributed by atoms with Gasteiger partial charge in [0, 0.05) is 12.2 Å². The molecular formula is C13H16ClN3. The van der Waals surface area contributed by atoms with E-state index in [2.05, 4.69) is 23.3 Å². The fourth-order valence-corrected chi connectivity index (χ4v) is 2.44. The number of halogens is 1. The second-order valence-corrected chi connectivity index (χ2v) is 5.11. The van der Waals surface area contributed by atoms with Crippen LogP contribution in [0.3, 0.4) is 0 Å². The molecule has 1 aliphatic carbocycles. The molecule has 4 heteroatoms. The van der Waals surface area contributed by atoms with Gasteiger partial charge in [0.1, 0.15) is 16.9 Å². The molecule has 17 heavy (non-hydrogen) atoms. The van der Waals surface area contributed by atoms with Gasteiger partial charge in [-0.15, -0.1) is 0 Å². The van der Waals surface area contributed by atoms with E-state index in [0.717, 1.165) is 18.8 Å². The van der Waals surface area contributed by atoms with Crippen LogP contribution in [-0.4, -0.2) is 11.0 Å². The molecule has 0 spiro atoms. The Kier molecular flexibility index (Phi) is 3.86. The number of hydrogen-bond donors (Lipinski definition) is 1. The lowest BCUT2D eigenvalue weighted by Gasteiger charge is -2.27. The van der Waals surface area contributed by atoms with Crippen LogP contribution >= 0.6 is 11.6 Å². The summed E-state index contributed by atoms with van der Waals surface area (Å²) in [6, 6.07) is 4.14. The highest BCUT2D eigenvalue weighted by Crippen LogP contribution is 2.29. The van der Waals surface area contributed by atoms with E-state index in [1.165, 1.54) is 12.8 Å². The molecule has 0 radical (unpaired) electrons. The molecule has 1 fully saturated rings. The molecule has 0 amide bonds. The number of hydrogen-bond acceptors (Lipinski definition) is 3. The first-order valence-electron chi connectivity index (χ1n) is 6.02. The van der Waals surface area contributed by atoms with Crippen molar-refractivity contribution in [1.29, 1.82) is 5.26 Å². The Balaban J connectivity index is 2.06. The molecule has 1 aromatic heterocycles. The monoisotopic (exact) mass is 249 g/mol. The zero-order valence-corrected chi connectivity index (χ0v) is 10.7. The van der Waals surface area contributed by atoms with Crippen LogP contribution < -0.4 is 5.32 Å². The minimum absolute atomic E-state index is 0.435. The van der Waals surface area contributed by atoms with Gasteiger partial charge in [0.05, 0.1) is 5.56 Å². The van der Waals surface area contributed by atoms with Crippen molar-refractivity contribution in [2.75, 3.05) is 5.32 Å². The van der Waals surface area contributed by atoms with E-state index < -0.39 is 0 Å². The predicted molar refractivity (Wildman–Crippen MR) is 69.0 cm³/mol. The Morgan fingerprint density at radius 2 is 2.12 bits per heavy atom. The molecule has 90 valence electrons. The Labute approximate surface area is 107 Å². The van der Waals surface area contributed by atoms with Gasteiger partial charge in [0.15, 0.2) is 0 Å². The topological polar surface area (TPSA) is 48.7 Å². The van der Waals surface area contributed by atoms with Crippen molar-refractivity contribution >= 4 is 17.4 Å². The van der Waals surface area contributed by atoms with Crippen LogP contribution in [0.4, 0.5) is 5.82 Å². The SMILES string of the molecule is CC1CCC(Nc2nccc(C#N)c2Cl)CC1. The van der Waals surface area contributed by atoms with Crippen LogP contribution in [0.1, 0.15) is 38.2 Å². The summed E-state index contributed by atoms with van der Waals surface area (Å²) in [6.07, 6.45) is 6.41. The number of nitriles is 1. The van der Waals surface area contributed by atoms with Crippen molar-refractivity contribution in [2.24, 2.45) is 5.92 Å². The van der Waals surface area contributed by atoms with Crippen molar-refractivity contribution in [3.05, 3.63) is 22.8 Å². The van der Waals surface area contributed by atoms with Crippen molar-refractivity contribution in [2.45, 2.75) is 38.6 Å². The highest BCUT2D eigenvalue weighted by Gasteiger charge is 2.19. The Hall–Kier alpha value is -1.27. The quantitative estimate of drug-likeness (QED) is 0.871. The van der Waals surface area contributed by atoms with E-state index in [9.17, 15) is 0 Å². The smallest absolute Gasteiger partial charge is 0.146 e. The van der Waals surface area contributed by atoms with Gasteiger partial charge in [-0.3, -0.25) is 0 Å². The van der Waals surface area contributed by atoms with E-state index in [4.69, 9.17) is 16.9 Å². The summed E-state index contributed by atoms with van der Waals surface area (Å²) in [5.41, 5.74) is 0.480. The van der Waals surface area contributed by atoms with Gasteiger partial charge < -0.3 is 5.32 Å².